The lowest BCUT2D eigenvalue weighted by molar-refractivity contribution is 0.202. The standard InChI is InChI=1S/C16H16BrFO2/c1-20-9-8-11-2-4-12(5-3-11)16(19)14-7-6-13(17)10-15(14)18/h2-7,10,16,19H,8-9H2,1H3. The van der Waals surface area contributed by atoms with E-state index in [1.165, 1.54) is 6.07 Å². The molecule has 0 aliphatic carbocycles. The number of aliphatic hydroxyl groups is 1. The number of rotatable bonds is 5. The van der Waals surface area contributed by atoms with Crippen LogP contribution in [-0.2, 0) is 11.2 Å². The Morgan fingerprint density at radius 2 is 1.90 bits per heavy atom. The second kappa shape index (κ2) is 6.97. The molecule has 0 aliphatic heterocycles. The fraction of sp³-hybridized carbons (Fsp3) is 0.250. The van der Waals surface area contributed by atoms with Gasteiger partial charge in [0.1, 0.15) is 11.9 Å². The molecule has 2 aromatic rings. The highest BCUT2D eigenvalue weighted by atomic mass is 79.9. The van der Waals surface area contributed by atoms with Crippen LogP contribution < -0.4 is 0 Å². The number of benzene rings is 2. The second-order valence-corrected chi connectivity index (χ2v) is 5.47. The molecule has 0 heterocycles. The van der Waals surface area contributed by atoms with Crippen LogP contribution in [0.4, 0.5) is 4.39 Å². The van der Waals surface area contributed by atoms with Crippen molar-refractivity contribution in [3.8, 4) is 0 Å². The first kappa shape index (κ1) is 15.2. The average molecular weight is 339 g/mol. The zero-order chi connectivity index (χ0) is 14.5. The molecule has 0 radical (unpaired) electrons. The molecule has 0 saturated heterocycles. The van der Waals surface area contributed by atoms with Crippen LogP contribution in [0.3, 0.4) is 0 Å². The number of ether oxygens (including phenoxy) is 1. The molecule has 2 aromatic carbocycles. The maximum Gasteiger partial charge on any atom is 0.130 e. The van der Waals surface area contributed by atoms with Crippen LogP contribution >= 0.6 is 15.9 Å². The molecule has 0 spiro atoms. The minimum atomic E-state index is -0.959. The van der Waals surface area contributed by atoms with Crippen LogP contribution in [0.2, 0.25) is 0 Å². The van der Waals surface area contributed by atoms with Gasteiger partial charge >= 0.3 is 0 Å². The van der Waals surface area contributed by atoms with E-state index in [0.717, 1.165) is 12.0 Å². The number of hydrogen-bond acceptors (Lipinski definition) is 2. The van der Waals surface area contributed by atoms with Crippen molar-refractivity contribution >= 4 is 15.9 Å². The van der Waals surface area contributed by atoms with E-state index in [2.05, 4.69) is 15.9 Å². The molecule has 0 aromatic heterocycles. The van der Waals surface area contributed by atoms with Crippen molar-refractivity contribution in [2.24, 2.45) is 0 Å². The summed E-state index contributed by atoms with van der Waals surface area (Å²) in [6.45, 7) is 0.656. The monoisotopic (exact) mass is 338 g/mol. The van der Waals surface area contributed by atoms with Gasteiger partial charge in [-0.2, -0.15) is 0 Å². The summed E-state index contributed by atoms with van der Waals surface area (Å²) in [5.41, 5.74) is 2.07. The van der Waals surface area contributed by atoms with Gasteiger partial charge in [-0.1, -0.05) is 46.3 Å². The Bertz CT molecular complexity index is 569. The Hall–Kier alpha value is -1.23. The molecule has 1 N–H and O–H groups in total. The van der Waals surface area contributed by atoms with Gasteiger partial charge in [0.05, 0.1) is 6.61 Å². The Morgan fingerprint density at radius 3 is 2.50 bits per heavy atom. The van der Waals surface area contributed by atoms with Crippen LogP contribution in [-0.4, -0.2) is 18.8 Å². The van der Waals surface area contributed by atoms with Crippen molar-refractivity contribution in [3.63, 3.8) is 0 Å². The van der Waals surface area contributed by atoms with Crippen molar-refractivity contribution < 1.29 is 14.2 Å². The molecule has 1 atom stereocenters. The molecule has 0 saturated carbocycles. The highest BCUT2D eigenvalue weighted by molar-refractivity contribution is 9.10. The molecule has 2 nitrogen and oxygen atoms in total. The summed E-state index contributed by atoms with van der Waals surface area (Å²) in [5, 5.41) is 10.3. The third kappa shape index (κ3) is 3.66. The summed E-state index contributed by atoms with van der Waals surface area (Å²) in [6.07, 6.45) is -0.140. The third-order valence-electron chi connectivity index (χ3n) is 3.15. The summed E-state index contributed by atoms with van der Waals surface area (Å²) >= 11 is 3.20. The maximum atomic E-state index is 13.8. The van der Waals surface area contributed by atoms with Crippen molar-refractivity contribution in [2.45, 2.75) is 12.5 Å². The van der Waals surface area contributed by atoms with Gasteiger partial charge in [-0.05, 0) is 29.7 Å². The normalized spacial score (nSPS) is 12.4. The molecule has 1 unspecified atom stereocenters. The van der Waals surface area contributed by atoms with Crippen LogP contribution in [0.15, 0.2) is 46.9 Å². The summed E-state index contributed by atoms with van der Waals surface area (Å²) in [7, 11) is 1.66. The van der Waals surface area contributed by atoms with E-state index in [0.29, 0.717) is 16.6 Å². The van der Waals surface area contributed by atoms with Gasteiger partial charge in [0, 0.05) is 17.1 Å². The fourth-order valence-corrected chi connectivity index (χ4v) is 2.32. The number of hydrogen-bond donors (Lipinski definition) is 1. The summed E-state index contributed by atoms with van der Waals surface area (Å²) in [5.74, 6) is -0.421. The van der Waals surface area contributed by atoms with Crippen LogP contribution in [0, 0.1) is 5.82 Å². The molecule has 20 heavy (non-hydrogen) atoms. The molecule has 0 amide bonds. The largest absolute Gasteiger partial charge is 0.384 e. The topological polar surface area (TPSA) is 29.5 Å². The van der Waals surface area contributed by atoms with E-state index in [1.807, 2.05) is 24.3 Å². The molecular formula is C16H16BrFO2. The van der Waals surface area contributed by atoms with E-state index >= 15 is 0 Å². The van der Waals surface area contributed by atoms with Crippen LogP contribution in [0.5, 0.6) is 0 Å². The lowest BCUT2D eigenvalue weighted by Gasteiger charge is -2.13. The quantitative estimate of drug-likeness (QED) is 0.896. The number of methoxy groups -OCH3 is 1. The van der Waals surface area contributed by atoms with Crippen molar-refractivity contribution in [1.29, 1.82) is 0 Å². The van der Waals surface area contributed by atoms with E-state index < -0.39 is 11.9 Å². The first-order valence-electron chi connectivity index (χ1n) is 6.32. The smallest absolute Gasteiger partial charge is 0.130 e. The van der Waals surface area contributed by atoms with Gasteiger partial charge in [0.2, 0.25) is 0 Å². The Morgan fingerprint density at radius 1 is 1.20 bits per heavy atom. The van der Waals surface area contributed by atoms with Crippen molar-refractivity contribution in [2.75, 3.05) is 13.7 Å². The van der Waals surface area contributed by atoms with Gasteiger partial charge in [-0.3, -0.25) is 0 Å². The molecule has 4 heteroatoms. The highest BCUT2D eigenvalue weighted by Crippen LogP contribution is 2.26. The SMILES string of the molecule is COCCc1ccc(C(O)c2ccc(Br)cc2F)cc1. The maximum absolute atomic E-state index is 13.8. The van der Waals surface area contributed by atoms with Crippen molar-refractivity contribution in [1.82, 2.24) is 0 Å². The molecule has 2 rings (SSSR count). The van der Waals surface area contributed by atoms with E-state index in [-0.39, 0.29) is 5.56 Å². The minimum Gasteiger partial charge on any atom is -0.384 e. The molecule has 106 valence electrons. The first-order chi connectivity index (χ1) is 9.61. The molecular weight excluding hydrogens is 323 g/mol. The Labute approximate surface area is 126 Å². The van der Waals surface area contributed by atoms with Gasteiger partial charge in [0.15, 0.2) is 0 Å². The number of halogens is 2. The number of aliphatic hydroxyl groups excluding tert-OH is 1. The second-order valence-electron chi connectivity index (χ2n) is 4.55. The van der Waals surface area contributed by atoms with E-state index in [4.69, 9.17) is 4.74 Å². The van der Waals surface area contributed by atoms with E-state index in [1.54, 1.807) is 19.2 Å². The minimum absolute atomic E-state index is 0.276. The third-order valence-corrected chi connectivity index (χ3v) is 3.64. The molecule has 0 bridgehead atoms. The van der Waals surface area contributed by atoms with Gasteiger partial charge in [0.25, 0.3) is 0 Å². The summed E-state index contributed by atoms with van der Waals surface area (Å²) < 4.78 is 19.5. The lowest BCUT2D eigenvalue weighted by atomic mass is 9.99. The van der Waals surface area contributed by atoms with Gasteiger partial charge < -0.3 is 9.84 Å². The zero-order valence-electron chi connectivity index (χ0n) is 11.1. The lowest BCUT2D eigenvalue weighted by Crippen LogP contribution is -2.03. The highest BCUT2D eigenvalue weighted by Gasteiger charge is 2.15. The van der Waals surface area contributed by atoms with Gasteiger partial charge in [-0.25, -0.2) is 4.39 Å². The van der Waals surface area contributed by atoms with Gasteiger partial charge in [-0.15, -0.1) is 0 Å². The zero-order valence-corrected chi connectivity index (χ0v) is 12.7. The first-order valence-corrected chi connectivity index (χ1v) is 7.12. The predicted molar refractivity (Wildman–Crippen MR) is 80.2 cm³/mol. The van der Waals surface area contributed by atoms with E-state index in [9.17, 15) is 9.50 Å². The summed E-state index contributed by atoms with van der Waals surface area (Å²) in [4.78, 5) is 0. The predicted octanol–water partition coefficient (Wildman–Crippen LogP) is 3.86. The van der Waals surface area contributed by atoms with Crippen LogP contribution in [0.25, 0.3) is 0 Å². The Kier molecular flexibility index (Phi) is 5.29. The van der Waals surface area contributed by atoms with Crippen molar-refractivity contribution in [3.05, 3.63) is 69.4 Å². The average Bonchev–Trinajstić information content (AvgIpc) is 2.45. The summed E-state index contributed by atoms with van der Waals surface area (Å²) in [6, 6.07) is 12.1. The fourth-order valence-electron chi connectivity index (χ4n) is 1.99. The Balaban J connectivity index is 2.18. The van der Waals surface area contributed by atoms with Crippen LogP contribution in [0.1, 0.15) is 22.8 Å². The molecule has 0 aliphatic rings. The molecule has 0 fully saturated rings.